The van der Waals surface area contributed by atoms with Crippen LogP contribution in [-0.2, 0) is 17.6 Å². The third-order valence-corrected chi connectivity index (χ3v) is 5.52. The summed E-state index contributed by atoms with van der Waals surface area (Å²) in [6, 6.07) is 14.2. The second-order valence-corrected chi connectivity index (χ2v) is 7.83. The molecule has 0 heterocycles. The zero-order chi connectivity index (χ0) is 18.5. The van der Waals surface area contributed by atoms with E-state index in [0.29, 0.717) is 5.75 Å². The fourth-order valence-electron chi connectivity index (χ4n) is 3.45. The largest absolute Gasteiger partial charge is 0.481 e. The van der Waals surface area contributed by atoms with Crippen LogP contribution in [0.15, 0.2) is 46.9 Å². The zero-order valence-corrected chi connectivity index (χ0v) is 17.0. The van der Waals surface area contributed by atoms with E-state index in [2.05, 4.69) is 46.4 Å². The van der Waals surface area contributed by atoms with E-state index in [1.807, 2.05) is 24.3 Å². The lowest BCUT2D eigenvalue weighted by atomic mass is 9.89. The molecule has 0 saturated heterocycles. The topological polar surface area (TPSA) is 38.3 Å². The Balaban J connectivity index is 1.65. The van der Waals surface area contributed by atoms with Crippen LogP contribution in [0.2, 0.25) is 0 Å². The van der Waals surface area contributed by atoms with E-state index in [9.17, 15) is 4.79 Å². The Morgan fingerprint density at radius 1 is 1.12 bits per heavy atom. The number of amides is 1. The number of aryl methyl sites for hydroxylation is 2. The Morgan fingerprint density at radius 2 is 1.81 bits per heavy atom. The average molecular weight is 416 g/mol. The van der Waals surface area contributed by atoms with E-state index >= 15 is 0 Å². The van der Waals surface area contributed by atoms with Gasteiger partial charge in [-0.1, -0.05) is 41.1 Å². The summed E-state index contributed by atoms with van der Waals surface area (Å²) in [6.07, 6.45) is 5.19. The predicted molar refractivity (Wildman–Crippen MR) is 108 cm³/mol. The van der Waals surface area contributed by atoms with Gasteiger partial charge in [-0.25, -0.2) is 0 Å². The summed E-state index contributed by atoms with van der Waals surface area (Å²) in [5.41, 5.74) is 4.10. The van der Waals surface area contributed by atoms with Gasteiger partial charge in [-0.2, -0.15) is 0 Å². The van der Waals surface area contributed by atoms with Crippen LogP contribution in [0.3, 0.4) is 0 Å². The van der Waals surface area contributed by atoms with E-state index in [1.165, 1.54) is 36.0 Å². The maximum atomic E-state index is 12.6. The minimum atomic E-state index is -0.539. The first-order valence-corrected chi connectivity index (χ1v) is 10.2. The van der Waals surface area contributed by atoms with Crippen LogP contribution in [0.25, 0.3) is 0 Å². The third-order valence-electron chi connectivity index (χ3n) is 5.00. The molecule has 0 bridgehead atoms. The quantitative estimate of drug-likeness (QED) is 0.688. The van der Waals surface area contributed by atoms with E-state index in [1.54, 1.807) is 6.92 Å². The number of ether oxygens (including phenoxy) is 1. The molecule has 138 valence electrons. The molecule has 0 fully saturated rings. The Bertz CT molecular complexity index is 757. The SMILES string of the molecule is CCC(NC(=O)C(C)Oc1ccc(Br)cc1)c1ccc2c(c1)CCCC2. The minimum Gasteiger partial charge on any atom is -0.481 e. The molecule has 0 aliphatic heterocycles. The maximum absolute atomic E-state index is 12.6. The number of carbonyl (C=O) groups is 1. The van der Waals surface area contributed by atoms with Crippen LogP contribution in [0, 0.1) is 0 Å². The number of hydrogen-bond donors (Lipinski definition) is 1. The molecule has 26 heavy (non-hydrogen) atoms. The van der Waals surface area contributed by atoms with E-state index in [4.69, 9.17) is 4.74 Å². The normalized spacial score (nSPS) is 15.7. The fourth-order valence-corrected chi connectivity index (χ4v) is 3.72. The van der Waals surface area contributed by atoms with Crippen LogP contribution in [0.4, 0.5) is 0 Å². The van der Waals surface area contributed by atoms with E-state index < -0.39 is 6.10 Å². The van der Waals surface area contributed by atoms with Crippen molar-refractivity contribution in [3.63, 3.8) is 0 Å². The zero-order valence-electron chi connectivity index (χ0n) is 15.4. The Morgan fingerprint density at radius 3 is 2.50 bits per heavy atom. The van der Waals surface area contributed by atoms with Crippen molar-refractivity contribution in [3.05, 3.63) is 63.6 Å². The lowest BCUT2D eigenvalue weighted by molar-refractivity contribution is -0.128. The molecule has 0 spiro atoms. The molecule has 1 N–H and O–H groups in total. The van der Waals surface area contributed by atoms with Crippen molar-refractivity contribution in [1.29, 1.82) is 0 Å². The molecule has 3 nitrogen and oxygen atoms in total. The molecule has 0 radical (unpaired) electrons. The number of halogens is 1. The van der Waals surface area contributed by atoms with Crippen molar-refractivity contribution in [2.24, 2.45) is 0 Å². The van der Waals surface area contributed by atoms with Crippen molar-refractivity contribution < 1.29 is 9.53 Å². The van der Waals surface area contributed by atoms with Gasteiger partial charge in [0.05, 0.1) is 6.04 Å². The first-order chi connectivity index (χ1) is 12.6. The Kier molecular flexibility index (Phi) is 6.36. The average Bonchev–Trinajstić information content (AvgIpc) is 2.67. The lowest BCUT2D eigenvalue weighted by Gasteiger charge is -2.23. The second kappa shape index (κ2) is 8.72. The van der Waals surface area contributed by atoms with Gasteiger partial charge in [0.2, 0.25) is 0 Å². The highest BCUT2D eigenvalue weighted by atomic mass is 79.9. The molecule has 0 aromatic heterocycles. The van der Waals surface area contributed by atoms with Crippen molar-refractivity contribution in [3.8, 4) is 5.75 Å². The standard InChI is InChI=1S/C22H26BrNO2/c1-3-21(18-9-8-16-6-4-5-7-17(16)14-18)24-22(25)15(2)26-20-12-10-19(23)11-13-20/h8-15,21H,3-7H2,1-2H3,(H,24,25). The van der Waals surface area contributed by atoms with Crippen LogP contribution in [0.5, 0.6) is 5.75 Å². The molecule has 2 aromatic carbocycles. The summed E-state index contributed by atoms with van der Waals surface area (Å²) in [4.78, 5) is 12.6. The first-order valence-electron chi connectivity index (χ1n) is 9.41. The number of nitrogens with one attached hydrogen (secondary N) is 1. The van der Waals surface area contributed by atoms with E-state index in [-0.39, 0.29) is 11.9 Å². The summed E-state index contributed by atoms with van der Waals surface area (Å²) in [5, 5.41) is 3.15. The van der Waals surface area contributed by atoms with Crippen LogP contribution in [0.1, 0.15) is 55.8 Å². The summed E-state index contributed by atoms with van der Waals surface area (Å²) in [7, 11) is 0. The molecule has 2 unspecified atom stereocenters. The Hall–Kier alpha value is -1.81. The molecule has 1 amide bonds. The van der Waals surface area contributed by atoms with Gasteiger partial charge in [0.25, 0.3) is 5.91 Å². The van der Waals surface area contributed by atoms with E-state index in [0.717, 1.165) is 17.3 Å². The summed E-state index contributed by atoms with van der Waals surface area (Å²) >= 11 is 3.40. The van der Waals surface area contributed by atoms with Gasteiger partial charge in [0.15, 0.2) is 6.10 Å². The molecular weight excluding hydrogens is 390 g/mol. The number of benzene rings is 2. The van der Waals surface area contributed by atoms with Gasteiger partial charge in [-0.15, -0.1) is 0 Å². The third kappa shape index (κ3) is 4.67. The van der Waals surface area contributed by atoms with Crippen molar-refractivity contribution in [2.45, 2.75) is 58.1 Å². The van der Waals surface area contributed by atoms with Crippen molar-refractivity contribution in [1.82, 2.24) is 5.32 Å². The van der Waals surface area contributed by atoms with Crippen molar-refractivity contribution in [2.75, 3.05) is 0 Å². The molecule has 2 atom stereocenters. The summed E-state index contributed by atoms with van der Waals surface area (Å²) in [6.45, 7) is 3.89. The molecular formula is C22H26BrNO2. The Labute approximate surface area is 164 Å². The molecule has 0 saturated carbocycles. The minimum absolute atomic E-state index is 0.0192. The first kappa shape index (κ1) is 19.0. The van der Waals surface area contributed by atoms with Gasteiger partial charge in [0.1, 0.15) is 5.75 Å². The highest BCUT2D eigenvalue weighted by Crippen LogP contribution is 2.26. The van der Waals surface area contributed by atoms with Crippen LogP contribution < -0.4 is 10.1 Å². The summed E-state index contributed by atoms with van der Waals surface area (Å²) < 4.78 is 6.76. The number of carbonyl (C=O) groups excluding carboxylic acids is 1. The predicted octanol–water partition coefficient (Wildman–Crippen LogP) is 5.36. The number of hydrogen-bond acceptors (Lipinski definition) is 2. The molecule has 2 aromatic rings. The fraction of sp³-hybridized carbons (Fsp3) is 0.409. The number of fused-ring (bicyclic) bond motifs is 1. The van der Waals surface area contributed by atoms with Gasteiger partial charge >= 0.3 is 0 Å². The van der Waals surface area contributed by atoms with Gasteiger partial charge in [-0.05, 0) is 80.0 Å². The summed E-state index contributed by atoms with van der Waals surface area (Å²) in [5.74, 6) is 0.607. The molecule has 3 rings (SSSR count). The van der Waals surface area contributed by atoms with Gasteiger partial charge in [-0.3, -0.25) is 4.79 Å². The van der Waals surface area contributed by atoms with Gasteiger partial charge < -0.3 is 10.1 Å². The molecule has 1 aliphatic carbocycles. The highest BCUT2D eigenvalue weighted by molar-refractivity contribution is 9.10. The molecule has 4 heteroatoms. The van der Waals surface area contributed by atoms with Gasteiger partial charge in [0, 0.05) is 4.47 Å². The van der Waals surface area contributed by atoms with Crippen molar-refractivity contribution >= 4 is 21.8 Å². The lowest BCUT2D eigenvalue weighted by Crippen LogP contribution is -2.38. The molecule has 1 aliphatic rings. The smallest absolute Gasteiger partial charge is 0.261 e. The maximum Gasteiger partial charge on any atom is 0.261 e. The van der Waals surface area contributed by atoms with Crippen LogP contribution >= 0.6 is 15.9 Å². The number of rotatable bonds is 6. The highest BCUT2D eigenvalue weighted by Gasteiger charge is 2.20. The second-order valence-electron chi connectivity index (χ2n) is 6.92. The van der Waals surface area contributed by atoms with Crippen LogP contribution in [-0.4, -0.2) is 12.0 Å². The monoisotopic (exact) mass is 415 g/mol.